The van der Waals surface area contributed by atoms with Crippen molar-refractivity contribution in [2.75, 3.05) is 13.2 Å². The molecule has 0 aromatic heterocycles. The summed E-state index contributed by atoms with van der Waals surface area (Å²) < 4.78 is 10.7. The molecule has 1 saturated heterocycles. The second kappa shape index (κ2) is 5.61. The molecular formula is C12H20O3. The summed E-state index contributed by atoms with van der Waals surface area (Å²) in [6, 6.07) is 0. The maximum Gasteiger partial charge on any atom is 0.157 e. The van der Waals surface area contributed by atoms with Gasteiger partial charge in [-0.15, -0.1) is 0 Å². The molecule has 0 spiro atoms. The number of carbonyl (C=O) groups excluding carboxylic acids is 1. The highest BCUT2D eigenvalue weighted by atomic mass is 16.7. The van der Waals surface area contributed by atoms with E-state index < -0.39 is 0 Å². The van der Waals surface area contributed by atoms with Gasteiger partial charge in [-0.1, -0.05) is 0 Å². The number of Topliss-reactive ketones (excluding diaryl/α,β-unsaturated/α-hetero) is 1. The normalized spacial score (nSPS) is 28.5. The highest BCUT2D eigenvalue weighted by Crippen LogP contribution is 2.26. The summed E-state index contributed by atoms with van der Waals surface area (Å²) in [5.41, 5.74) is 0. The quantitative estimate of drug-likeness (QED) is 0.717. The molecule has 1 atom stereocenters. The molecule has 1 heterocycles. The molecule has 0 aromatic rings. The van der Waals surface area contributed by atoms with Crippen molar-refractivity contribution in [2.24, 2.45) is 5.92 Å². The average molecular weight is 212 g/mol. The third-order valence-electron chi connectivity index (χ3n) is 3.33. The van der Waals surface area contributed by atoms with E-state index in [-0.39, 0.29) is 6.29 Å². The van der Waals surface area contributed by atoms with Crippen LogP contribution in [0.4, 0.5) is 0 Å². The fourth-order valence-corrected chi connectivity index (χ4v) is 2.51. The first-order valence-electron chi connectivity index (χ1n) is 6.09. The number of ketones is 1. The van der Waals surface area contributed by atoms with Gasteiger partial charge in [0.1, 0.15) is 5.78 Å². The third-order valence-corrected chi connectivity index (χ3v) is 3.33. The average Bonchev–Trinajstić information content (AvgIpc) is 2.71. The first-order chi connectivity index (χ1) is 7.34. The molecule has 2 rings (SSSR count). The number of rotatable bonds is 4. The molecule has 3 nitrogen and oxygen atoms in total. The SMILES string of the molecule is O=C1CCCC(CCCC2OCCO2)C1. The monoisotopic (exact) mass is 212 g/mol. The lowest BCUT2D eigenvalue weighted by Gasteiger charge is -2.20. The molecule has 1 unspecified atom stereocenters. The Morgan fingerprint density at radius 2 is 2.00 bits per heavy atom. The second-order valence-electron chi connectivity index (χ2n) is 4.60. The van der Waals surface area contributed by atoms with Crippen molar-refractivity contribution in [1.82, 2.24) is 0 Å². The molecule has 1 aliphatic carbocycles. The minimum atomic E-state index is 0.0318. The number of hydrogen-bond donors (Lipinski definition) is 0. The van der Waals surface area contributed by atoms with Crippen molar-refractivity contribution >= 4 is 5.78 Å². The topological polar surface area (TPSA) is 35.5 Å². The summed E-state index contributed by atoms with van der Waals surface area (Å²) in [6.45, 7) is 1.49. The minimum Gasteiger partial charge on any atom is -0.350 e. The summed E-state index contributed by atoms with van der Waals surface area (Å²) in [5, 5.41) is 0. The van der Waals surface area contributed by atoms with Gasteiger partial charge in [0.2, 0.25) is 0 Å². The standard InChI is InChI=1S/C12H20O3/c13-11-5-1-3-10(9-11)4-2-6-12-14-7-8-15-12/h10,12H,1-9H2. The molecule has 1 aliphatic heterocycles. The van der Waals surface area contributed by atoms with E-state index in [1.807, 2.05) is 0 Å². The maximum absolute atomic E-state index is 11.2. The fourth-order valence-electron chi connectivity index (χ4n) is 2.51. The van der Waals surface area contributed by atoms with Crippen LogP contribution >= 0.6 is 0 Å². The first-order valence-corrected chi connectivity index (χ1v) is 6.09. The van der Waals surface area contributed by atoms with Crippen LogP contribution in [0.15, 0.2) is 0 Å². The lowest BCUT2D eigenvalue weighted by atomic mass is 9.85. The molecule has 0 bridgehead atoms. The molecule has 1 saturated carbocycles. The minimum absolute atomic E-state index is 0.0318. The molecule has 15 heavy (non-hydrogen) atoms. The van der Waals surface area contributed by atoms with Crippen LogP contribution in [0.25, 0.3) is 0 Å². The van der Waals surface area contributed by atoms with Gasteiger partial charge in [-0.2, -0.15) is 0 Å². The van der Waals surface area contributed by atoms with Gasteiger partial charge in [0.05, 0.1) is 13.2 Å². The van der Waals surface area contributed by atoms with Crippen molar-refractivity contribution in [2.45, 2.75) is 51.2 Å². The van der Waals surface area contributed by atoms with E-state index in [4.69, 9.17) is 9.47 Å². The van der Waals surface area contributed by atoms with Gasteiger partial charge in [-0.05, 0) is 38.0 Å². The van der Waals surface area contributed by atoms with Gasteiger partial charge in [0.15, 0.2) is 6.29 Å². The molecule has 2 fully saturated rings. The van der Waals surface area contributed by atoms with Crippen LogP contribution in [0.2, 0.25) is 0 Å². The Kier molecular flexibility index (Phi) is 4.15. The van der Waals surface area contributed by atoms with Crippen LogP contribution in [-0.2, 0) is 14.3 Å². The summed E-state index contributed by atoms with van der Waals surface area (Å²) in [5.74, 6) is 1.09. The zero-order valence-corrected chi connectivity index (χ0v) is 9.24. The third kappa shape index (κ3) is 3.58. The molecule has 0 amide bonds. The fraction of sp³-hybridized carbons (Fsp3) is 0.917. The smallest absolute Gasteiger partial charge is 0.157 e. The largest absolute Gasteiger partial charge is 0.350 e. The molecule has 2 aliphatic rings. The van der Waals surface area contributed by atoms with Gasteiger partial charge >= 0.3 is 0 Å². The van der Waals surface area contributed by atoms with E-state index in [1.54, 1.807) is 0 Å². The first kappa shape index (κ1) is 11.1. The van der Waals surface area contributed by atoms with Crippen LogP contribution < -0.4 is 0 Å². The van der Waals surface area contributed by atoms with Crippen molar-refractivity contribution in [3.8, 4) is 0 Å². The zero-order valence-electron chi connectivity index (χ0n) is 9.24. The van der Waals surface area contributed by atoms with E-state index in [2.05, 4.69) is 0 Å². The Morgan fingerprint density at radius 3 is 2.73 bits per heavy atom. The van der Waals surface area contributed by atoms with Crippen LogP contribution in [0, 0.1) is 5.92 Å². The van der Waals surface area contributed by atoms with Crippen LogP contribution in [0.1, 0.15) is 44.9 Å². The Bertz CT molecular complexity index is 209. The van der Waals surface area contributed by atoms with Crippen molar-refractivity contribution < 1.29 is 14.3 Å². The second-order valence-corrected chi connectivity index (χ2v) is 4.60. The molecule has 0 N–H and O–H groups in total. The van der Waals surface area contributed by atoms with Crippen LogP contribution in [0.5, 0.6) is 0 Å². The van der Waals surface area contributed by atoms with Crippen molar-refractivity contribution in [1.29, 1.82) is 0 Å². The lowest BCUT2D eigenvalue weighted by Crippen LogP contribution is -2.15. The predicted molar refractivity (Wildman–Crippen MR) is 56.5 cm³/mol. The van der Waals surface area contributed by atoms with Gasteiger partial charge in [0.25, 0.3) is 0 Å². The van der Waals surface area contributed by atoms with Gasteiger partial charge in [-0.3, -0.25) is 4.79 Å². The highest BCUT2D eigenvalue weighted by molar-refractivity contribution is 5.79. The summed E-state index contributed by atoms with van der Waals surface area (Å²) in [7, 11) is 0. The Labute approximate surface area is 91.1 Å². The van der Waals surface area contributed by atoms with E-state index in [0.29, 0.717) is 11.7 Å². The number of hydrogen-bond acceptors (Lipinski definition) is 3. The van der Waals surface area contributed by atoms with Gasteiger partial charge < -0.3 is 9.47 Å². The zero-order chi connectivity index (χ0) is 10.5. The summed E-state index contributed by atoms with van der Waals surface area (Å²) in [4.78, 5) is 11.2. The van der Waals surface area contributed by atoms with Crippen LogP contribution in [-0.4, -0.2) is 25.3 Å². The highest BCUT2D eigenvalue weighted by Gasteiger charge is 2.20. The summed E-state index contributed by atoms with van der Waals surface area (Å²) in [6.07, 6.45) is 7.27. The molecule has 3 heteroatoms. The molecular weight excluding hydrogens is 192 g/mol. The molecule has 86 valence electrons. The van der Waals surface area contributed by atoms with Gasteiger partial charge in [-0.25, -0.2) is 0 Å². The summed E-state index contributed by atoms with van der Waals surface area (Å²) >= 11 is 0. The van der Waals surface area contributed by atoms with E-state index in [0.717, 1.165) is 51.7 Å². The van der Waals surface area contributed by atoms with E-state index in [1.165, 1.54) is 6.42 Å². The Balaban J connectivity index is 1.58. The van der Waals surface area contributed by atoms with Crippen molar-refractivity contribution in [3.05, 3.63) is 0 Å². The van der Waals surface area contributed by atoms with Crippen molar-refractivity contribution in [3.63, 3.8) is 0 Å². The number of ether oxygens (including phenoxy) is 2. The Morgan fingerprint density at radius 1 is 1.20 bits per heavy atom. The van der Waals surface area contributed by atoms with E-state index >= 15 is 0 Å². The molecule has 0 aromatic carbocycles. The maximum atomic E-state index is 11.2. The lowest BCUT2D eigenvalue weighted by molar-refractivity contribution is -0.121. The predicted octanol–water partition coefficient (Wildman–Crippen LogP) is 2.29. The Hall–Kier alpha value is -0.410. The van der Waals surface area contributed by atoms with Crippen LogP contribution in [0.3, 0.4) is 0 Å². The van der Waals surface area contributed by atoms with E-state index in [9.17, 15) is 4.79 Å². The number of carbonyl (C=O) groups is 1. The molecule has 0 radical (unpaired) electrons. The van der Waals surface area contributed by atoms with Gasteiger partial charge in [0, 0.05) is 12.8 Å².